The highest BCUT2D eigenvalue weighted by atomic mass is 32.2. The maximum absolute atomic E-state index is 12.6. The lowest BCUT2D eigenvalue weighted by Gasteiger charge is -2.21. The van der Waals surface area contributed by atoms with E-state index in [9.17, 15) is 13.2 Å². The smallest absolute Gasteiger partial charge is 0.341 e. The fourth-order valence-corrected chi connectivity index (χ4v) is 3.85. The molecule has 0 radical (unpaired) electrons. The van der Waals surface area contributed by atoms with Crippen molar-refractivity contribution in [2.24, 2.45) is 0 Å². The molecule has 0 amide bonds. The second-order valence-electron chi connectivity index (χ2n) is 5.00. The third-order valence-corrected chi connectivity index (χ3v) is 5.16. The Morgan fingerprint density at radius 2 is 1.95 bits per heavy atom. The minimum atomic E-state index is -3.49. The summed E-state index contributed by atoms with van der Waals surface area (Å²) in [7, 11) is -3.49. The lowest BCUT2D eigenvalue weighted by Crippen LogP contribution is -2.33. The number of carbonyl (C=O) groups is 1. The minimum absolute atomic E-state index is 0.123. The van der Waals surface area contributed by atoms with Gasteiger partial charge in [-0.1, -0.05) is 6.92 Å². The predicted octanol–water partition coefficient (Wildman–Crippen LogP) is 1.71. The average molecular weight is 313 g/mol. The first-order valence-electron chi connectivity index (χ1n) is 6.91. The highest BCUT2D eigenvalue weighted by Gasteiger charge is 2.37. The van der Waals surface area contributed by atoms with E-state index < -0.39 is 22.6 Å². The Labute approximate surface area is 124 Å². The number of hydrogen-bond donors (Lipinski definition) is 1. The van der Waals surface area contributed by atoms with Gasteiger partial charge in [0.25, 0.3) is 0 Å². The molecule has 21 heavy (non-hydrogen) atoms. The zero-order chi connectivity index (χ0) is 15.5. The van der Waals surface area contributed by atoms with Crippen LogP contribution in [0.25, 0.3) is 0 Å². The molecule has 0 saturated heterocycles. The Morgan fingerprint density at radius 3 is 2.43 bits per heavy atom. The summed E-state index contributed by atoms with van der Waals surface area (Å²) < 4.78 is 31.7. The van der Waals surface area contributed by atoms with Gasteiger partial charge in [0, 0.05) is 12.6 Å². The molecule has 1 aromatic rings. The van der Waals surface area contributed by atoms with Gasteiger partial charge in [0.15, 0.2) is 6.61 Å². The number of carboxylic acid groups (broad SMARTS) is 1. The van der Waals surface area contributed by atoms with Crippen LogP contribution in [0.3, 0.4) is 0 Å². The molecule has 0 atom stereocenters. The van der Waals surface area contributed by atoms with E-state index in [1.54, 1.807) is 4.31 Å². The number of rotatable bonds is 8. The number of carboxylic acids is 1. The molecule has 2 rings (SSSR count). The molecule has 0 aromatic heterocycles. The van der Waals surface area contributed by atoms with Crippen LogP contribution in [0.1, 0.15) is 26.2 Å². The largest absolute Gasteiger partial charge is 0.482 e. The van der Waals surface area contributed by atoms with Crippen molar-refractivity contribution >= 4 is 16.0 Å². The average Bonchev–Trinajstić information content (AvgIpc) is 3.27. The first kappa shape index (κ1) is 15.8. The Morgan fingerprint density at radius 1 is 1.33 bits per heavy atom. The molecule has 1 saturated carbocycles. The van der Waals surface area contributed by atoms with Gasteiger partial charge in [-0.15, -0.1) is 0 Å². The van der Waals surface area contributed by atoms with Gasteiger partial charge < -0.3 is 9.84 Å². The number of nitrogens with zero attached hydrogens (tertiary/aromatic N) is 1. The quantitative estimate of drug-likeness (QED) is 0.790. The summed E-state index contributed by atoms with van der Waals surface area (Å²) in [5.74, 6) is -0.737. The van der Waals surface area contributed by atoms with E-state index in [0.29, 0.717) is 12.3 Å². The first-order valence-corrected chi connectivity index (χ1v) is 8.35. The molecule has 1 fully saturated rings. The van der Waals surface area contributed by atoms with Crippen molar-refractivity contribution < 1.29 is 23.1 Å². The van der Waals surface area contributed by atoms with Gasteiger partial charge >= 0.3 is 5.97 Å². The number of aliphatic carboxylic acids is 1. The van der Waals surface area contributed by atoms with Crippen LogP contribution in [0.15, 0.2) is 29.2 Å². The third-order valence-electron chi connectivity index (χ3n) is 3.19. The van der Waals surface area contributed by atoms with Crippen LogP contribution < -0.4 is 4.74 Å². The molecule has 7 heteroatoms. The second-order valence-corrected chi connectivity index (χ2v) is 6.89. The summed E-state index contributed by atoms with van der Waals surface area (Å²) in [6, 6.07) is 5.99. The number of sulfonamides is 1. The molecule has 1 N–H and O–H groups in total. The van der Waals surface area contributed by atoms with Crippen LogP contribution in [-0.2, 0) is 14.8 Å². The molecule has 116 valence electrons. The molecule has 1 aliphatic rings. The van der Waals surface area contributed by atoms with Crippen molar-refractivity contribution in [2.75, 3.05) is 13.2 Å². The topological polar surface area (TPSA) is 83.9 Å². The summed E-state index contributed by atoms with van der Waals surface area (Å²) in [5, 5.41) is 8.53. The van der Waals surface area contributed by atoms with Gasteiger partial charge in [-0.05, 0) is 43.5 Å². The van der Waals surface area contributed by atoms with Crippen molar-refractivity contribution in [2.45, 2.75) is 37.1 Å². The van der Waals surface area contributed by atoms with Crippen molar-refractivity contribution in [3.63, 3.8) is 0 Å². The van der Waals surface area contributed by atoms with E-state index in [4.69, 9.17) is 9.84 Å². The second kappa shape index (κ2) is 6.44. The Bertz CT molecular complexity index is 592. The van der Waals surface area contributed by atoms with Crippen LogP contribution in [0.5, 0.6) is 5.75 Å². The van der Waals surface area contributed by atoms with E-state index in [2.05, 4.69) is 0 Å². The number of ether oxygens (including phenoxy) is 1. The molecule has 0 heterocycles. The monoisotopic (exact) mass is 313 g/mol. The van der Waals surface area contributed by atoms with Crippen molar-refractivity contribution in [3.8, 4) is 5.75 Å². The molecular formula is C14H19NO5S. The van der Waals surface area contributed by atoms with Gasteiger partial charge in [0.05, 0.1) is 4.90 Å². The molecular weight excluding hydrogens is 294 g/mol. The van der Waals surface area contributed by atoms with Crippen LogP contribution in [0.2, 0.25) is 0 Å². The predicted molar refractivity (Wildman–Crippen MR) is 76.8 cm³/mol. The van der Waals surface area contributed by atoms with E-state index in [1.165, 1.54) is 24.3 Å². The molecule has 0 bridgehead atoms. The van der Waals surface area contributed by atoms with Crippen LogP contribution >= 0.6 is 0 Å². The normalized spacial score (nSPS) is 15.1. The van der Waals surface area contributed by atoms with Crippen LogP contribution in [0.4, 0.5) is 0 Å². The van der Waals surface area contributed by atoms with Gasteiger partial charge in [-0.3, -0.25) is 0 Å². The Balaban J connectivity index is 2.14. The summed E-state index contributed by atoms with van der Waals surface area (Å²) in [6.45, 7) is 2.02. The Kier molecular flexibility index (Phi) is 4.84. The lowest BCUT2D eigenvalue weighted by atomic mass is 10.3. The van der Waals surface area contributed by atoms with Crippen LogP contribution in [-0.4, -0.2) is 43.0 Å². The fourth-order valence-electron chi connectivity index (χ4n) is 2.07. The molecule has 1 aliphatic carbocycles. The maximum atomic E-state index is 12.6. The summed E-state index contributed by atoms with van der Waals surface area (Å²) in [4.78, 5) is 10.6. The zero-order valence-electron chi connectivity index (χ0n) is 11.9. The standard InChI is InChI=1S/C14H19NO5S/c1-2-9-15(11-3-4-11)21(18,19)13-7-5-12(6-8-13)20-10-14(16)17/h5-8,11H,2-4,9-10H2,1H3,(H,16,17). The summed E-state index contributed by atoms with van der Waals surface area (Å²) in [5.41, 5.74) is 0. The van der Waals surface area contributed by atoms with Gasteiger partial charge in [-0.2, -0.15) is 4.31 Å². The highest BCUT2D eigenvalue weighted by Crippen LogP contribution is 2.32. The third kappa shape index (κ3) is 3.95. The zero-order valence-corrected chi connectivity index (χ0v) is 12.7. The van der Waals surface area contributed by atoms with Crippen molar-refractivity contribution in [1.29, 1.82) is 0 Å². The van der Waals surface area contributed by atoms with Gasteiger partial charge in [0.2, 0.25) is 10.0 Å². The van der Waals surface area contributed by atoms with Gasteiger partial charge in [0.1, 0.15) is 5.75 Å². The van der Waals surface area contributed by atoms with E-state index in [-0.39, 0.29) is 10.9 Å². The molecule has 6 nitrogen and oxygen atoms in total. The number of benzene rings is 1. The number of hydrogen-bond acceptors (Lipinski definition) is 4. The van der Waals surface area contributed by atoms with Crippen LogP contribution in [0, 0.1) is 0 Å². The molecule has 1 aromatic carbocycles. The lowest BCUT2D eigenvalue weighted by molar-refractivity contribution is -0.139. The summed E-state index contributed by atoms with van der Waals surface area (Å²) in [6.07, 6.45) is 2.60. The molecule has 0 unspecified atom stereocenters. The van der Waals surface area contributed by atoms with Crippen molar-refractivity contribution in [1.82, 2.24) is 4.31 Å². The fraction of sp³-hybridized carbons (Fsp3) is 0.500. The Hall–Kier alpha value is -1.60. The van der Waals surface area contributed by atoms with Gasteiger partial charge in [-0.25, -0.2) is 13.2 Å². The van der Waals surface area contributed by atoms with E-state index in [1.807, 2.05) is 6.92 Å². The summed E-state index contributed by atoms with van der Waals surface area (Å²) >= 11 is 0. The van der Waals surface area contributed by atoms with E-state index in [0.717, 1.165) is 19.3 Å². The maximum Gasteiger partial charge on any atom is 0.341 e. The minimum Gasteiger partial charge on any atom is -0.482 e. The highest BCUT2D eigenvalue weighted by molar-refractivity contribution is 7.89. The molecule has 0 spiro atoms. The molecule has 0 aliphatic heterocycles. The SMILES string of the molecule is CCCN(C1CC1)S(=O)(=O)c1ccc(OCC(=O)O)cc1. The van der Waals surface area contributed by atoms with E-state index >= 15 is 0 Å². The van der Waals surface area contributed by atoms with Crippen molar-refractivity contribution in [3.05, 3.63) is 24.3 Å². The first-order chi connectivity index (χ1) is 9.95.